The number of hydrogen-bond acceptors (Lipinski definition) is 2. The lowest BCUT2D eigenvalue weighted by atomic mass is 10.1. The molecule has 2 aromatic rings. The molecule has 0 radical (unpaired) electrons. The summed E-state index contributed by atoms with van der Waals surface area (Å²) < 4.78 is 64.2. The first-order chi connectivity index (χ1) is 8.75. The molecule has 0 saturated heterocycles. The third kappa shape index (κ3) is 2.22. The lowest BCUT2D eigenvalue weighted by Crippen LogP contribution is -2.26. The summed E-state index contributed by atoms with van der Waals surface area (Å²) in [6, 6.07) is 2.27. The summed E-state index contributed by atoms with van der Waals surface area (Å²) in [4.78, 5) is 6.49. The van der Waals surface area contributed by atoms with Crippen molar-refractivity contribution in [1.29, 1.82) is 0 Å². The Morgan fingerprint density at radius 3 is 2.42 bits per heavy atom. The molecule has 1 aromatic carbocycles. The van der Waals surface area contributed by atoms with Crippen molar-refractivity contribution in [2.75, 3.05) is 0 Å². The van der Waals surface area contributed by atoms with Crippen molar-refractivity contribution < 1.29 is 22.0 Å². The van der Waals surface area contributed by atoms with Gasteiger partial charge in [0.1, 0.15) is 11.0 Å². The average Bonchev–Trinajstić information content (AvgIpc) is 2.33. The van der Waals surface area contributed by atoms with E-state index in [4.69, 9.17) is 11.6 Å². The number of hydrogen-bond donors (Lipinski definition) is 0. The summed E-state index contributed by atoms with van der Waals surface area (Å²) >= 11 is 5.65. The molecule has 2 rings (SSSR count). The minimum absolute atomic E-state index is 0.0619. The second-order valence-corrected chi connectivity index (χ2v) is 4.19. The van der Waals surface area contributed by atoms with Crippen molar-refractivity contribution in [3.63, 3.8) is 0 Å². The van der Waals surface area contributed by atoms with Crippen molar-refractivity contribution in [2.24, 2.45) is 0 Å². The number of fused-ring (bicyclic) bond motifs is 1. The molecule has 102 valence electrons. The highest BCUT2D eigenvalue weighted by Gasteiger charge is 2.46. The van der Waals surface area contributed by atoms with Gasteiger partial charge in [0.15, 0.2) is 0 Å². The van der Waals surface area contributed by atoms with E-state index in [2.05, 4.69) is 9.97 Å². The first kappa shape index (κ1) is 13.9. The molecule has 0 unspecified atom stereocenters. The molecule has 0 bridgehead atoms. The van der Waals surface area contributed by atoms with Gasteiger partial charge >= 0.3 is 12.3 Å². The van der Waals surface area contributed by atoms with Crippen LogP contribution in [0.25, 0.3) is 10.9 Å². The molecular weight excluding hydrogens is 291 g/mol. The maximum atomic E-state index is 13.3. The summed E-state index contributed by atoms with van der Waals surface area (Å²) in [6.45, 7) is 1.28. The first-order valence-electron chi connectivity index (χ1n) is 5.04. The van der Waals surface area contributed by atoms with E-state index in [0.717, 1.165) is 6.07 Å². The van der Waals surface area contributed by atoms with E-state index in [9.17, 15) is 22.0 Å². The van der Waals surface area contributed by atoms with E-state index >= 15 is 0 Å². The van der Waals surface area contributed by atoms with Gasteiger partial charge in [0.25, 0.3) is 0 Å². The van der Waals surface area contributed by atoms with Crippen LogP contribution in [0.5, 0.6) is 0 Å². The number of aryl methyl sites for hydroxylation is 1. The second-order valence-electron chi connectivity index (χ2n) is 3.83. The van der Waals surface area contributed by atoms with E-state index in [1.165, 1.54) is 13.0 Å². The predicted octanol–water partition coefficient (Wildman–Crippen LogP) is 4.09. The van der Waals surface area contributed by atoms with Crippen LogP contribution >= 0.6 is 11.6 Å². The normalized spacial score (nSPS) is 12.4. The highest BCUT2D eigenvalue weighted by Crippen LogP contribution is 2.35. The quantitative estimate of drug-likeness (QED) is 0.616. The third-order valence-corrected chi connectivity index (χ3v) is 2.87. The van der Waals surface area contributed by atoms with Crippen LogP contribution in [-0.4, -0.2) is 16.4 Å². The van der Waals surface area contributed by atoms with Gasteiger partial charge < -0.3 is 0 Å². The SMILES string of the molecule is Cc1c(F)ccc2c(Cl)nc(C(F)(F)C(F)F)nc12. The molecule has 8 heteroatoms. The standard InChI is InChI=1S/C11H6ClF5N2/c1-4-6(13)3-2-5-7(4)18-10(19-8(5)12)11(16,17)9(14)15/h2-3,9H,1H3. The molecule has 0 aliphatic heterocycles. The summed E-state index contributed by atoms with van der Waals surface area (Å²) in [5, 5.41) is -0.308. The summed E-state index contributed by atoms with van der Waals surface area (Å²) in [6.07, 6.45) is -3.98. The minimum atomic E-state index is -4.55. The molecule has 0 N–H and O–H groups in total. The van der Waals surface area contributed by atoms with Gasteiger partial charge in [-0.1, -0.05) is 11.6 Å². The Bertz CT molecular complexity index is 645. The largest absolute Gasteiger partial charge is 0.365 e. The van der Waals surface area contributed by atoms with Gasteiger partial charge in [0.05, 0.1) is 5.52 Å². The Morgan fingerprint density at radius 2 is 1.84 bits per heavy atom. The Morgan fingerprint density at radius 1 is 1.21 bits per heavy atom. The number of nitrogens with zero attached hydrogens (tertiary/aromatic N) is 2. The molecule has 0 saturated carbocycles. The van der Waals surface area contributed by atoms with Crippen LogP contribution in [0.15, 0.2) is 12.1 Å². The average molecular weight is 297 g/mol. The maximum Gasteiger partial charge on any atom is 0.365 e. The summed E-state index contributed by atoms with van der Waals surface area (Å²) in [5.74, 6) is -6.67. The van der Waals surface area contributed by atoms with Crippen LogP contribution < -0.4 is 0 Å². The second kappa shape index (κ2) is 4.56. The van der Waals surface area contributed by atoms with Crippen LogP contribution in [0.1, 0.15) is 11.4 Å². The fourth-order valence-electron chi connectivity index (χ4n) is 1.52. The Kier molecular flexibility index (Phi) is 3.34. The van der Waals surface area contributed by atoms with Crippen LogP contribution in [0.3, 0.4) is 0 Å². The fraction of sp³-hybridized carbons (Fsp3) is 0.273. The third-order valence-electron chi connectivity index (χ3n) is 2.58. The number of alkyl halides is 4. The molecule has 0 aliphatic carbocycles. The molecular formula is C11H6ClF5N2. The summed E-state index contributed by atoms with van der Waals surface area (Å²) in [5.41, 5.74) is -0.275. The number of aromatic nitrogens is 2. The van der Waals surface area contributed by atoms with Crippen molar-refractivity contribution in [3.05, 3.63) is 34.5 Å². The first-order valence-corrected chi connectivity index (χ1v) is 5.41. The van der Waals surface area contributed by atoms with Gasteiger partial charge in [-0.25, -0.2) is 23.1 Å². The lowest BCUT2D eigenvalue weighted by Gasteiger charge is -2.15. The smallest absolute Gasteiger partial charge is 0.226 e. The molecule has 0 aliphatic rings. The van der Waals surface area contributed by atoms with Crippen LogP contribution in [0, 0.1) is 12.7 Å². The van der Waals surface area contributed by atoms with Gasteiger partial charge in [-0.05, 0) is 19.1 Å². The van der Waals surface area contributed by atoms with Crippen molar-refractivity contribution in [2.45, 2.75) is 19.3 Å². The predicted molar refractivity (Wildman–Crippen MR) is 59.1 cm³/mol. The maximum absolute atomic E-state index is 13.3. The summed E-state index contributed by atoms with van der Waals surface area (Å²) in [7, 11) is 0. The van der Waals surface area contributed by atoms with Gasteiger partial charge in [0, 0.05) is 10.9 Å². The van der Waals surface area contributed by atoms with E-state index in [0.29, 0.717) is 0 Å². The highest BCUT2D eigenvalue weighted by molar-refractivity contribution is 6.34. The Labute approximate surface area is 109 Å². The highest BCUT2D eigenvalue weighted by atomic mass is 35.5. The van der Waals surface area contributed by atoms with Crippen LogP contribution in [-0.2, 0) is 5.92 Å². The van der Waals surface area contributed by atoms with Crippen molar-refractivity contribution >= 4 is 22.5 Å². The van der Waals surface area contributed by atoms with Crippen LogP contribution in [0.2, 0.25) is 5.15 Å². The van der Waals surface area contributed by atoms with Gasteiger partial charge in [-0.2, -0.15) is 8.78 Å². The van der Waals surface area contributed by atoms with Crippen LogP contribution in [0.4, 0.5) is 22.0 Å². The molecule has 0 atom stereocenters. The fourth-order valence-corrected chi connectivity index (χ4v) is 1.75. The molecule has 0 amide bonds. The van der Waals surface area contributed by atoms with Gasteiger partial charge in [-0.3, -0.25) is 0 Å². The number of benzene rings is 1. The van der Waals surface area contributed by atoms with E-state index in [1.54, 1.807) is 0 Å². The van der Waals surface area contributed by atoms with Gasteiger partial charge in [-0.15, -0.1) is 0 Å². The zero-order valence-electron chi connectivity index (χ0n) is 9.39. The van der Waals surface area contributed by atoms with Crippen molar-refractivity contribution in [1.82, 2.24) is 9.97 Å². The zero-order chi connectivity index (χ0) is 14.4. The zero-order valence-corrected chi connectivity index (χ0v) is 10.2. The van der Waals surface area contributed by atoms with E-state index in [-0.39, 0.29) is 16.5 Å². The lowest BCUT2D eigenvalue weighted by molar-refractivity contribution is -0.140. The van der Waals surface area contributed by atoms with E-state index in [1.807, 2.05) is 0 Å². The molecule has 0 spiro atoms. The number of halogens is 6. The molecule has 0 fully saturated rings. The topological polar surface area (TPSA) is 25.8 Å². The monoisotopic (exact) mass is 296 g/mol. The Balaban J connectivity index is 2.77. The van der Waals surface area contributed by atoms with E-state index < -0.39 is 29.1 Å². The number of rotatable bonds is 2. The minimum Gasteiger partial charge on any atom is -0.226 e. The Hall–Kier alpha value is -1.50. The molecule has 19 heavy (non-hydrogen) atoms. The molecule has 2 nitrogen and oxygen atoms in total. The molecule has 1 heterocycles. The molecule has 1 aromatic heterocycles. The van der Waals surface area contributed by atoms with Crippen molar-refractivity contribution in [3.8, 4) is 0 Å². The van der Waals surface area contributed by atoms with Gasteiger partial charge in [0.2, 0.25) is 5.82 Å².